The Morgan fingerprint density at radius 3 is 2.67 bits per heavy atom. The summed E-state index contributed by atoms with van der Waals surface area (Å²) in [4.78, 5) is 24.3. The third-order valence-electron chi connectivity index (χ3n) is 4.72. The molecule has 0 fully saturated rings. The van der Waals surface area contributed by atoms with Crippen LogP contribution in [0.1, 0.15) is 57.6 Å². The Morgan fingerprint density at radius 2 is 1.92 bits per heavy atom. The van der Waals surface area contributed by atoms with Gasteiger partial charge in [0.05, 0.1) is 6.20 Å². The van der Waals surface area contributed by atoms with Crippen molar-refractivity contribution in [2.75, 3.05) is 6.54 Å². The van der Waals surface area contributed by atoms with Crippen LogP contribution in [-0.2, 0) is 19.5 Å². The van der Waals surface area contributed by atoms with Crippen LogP contribution in [0, 0.1) is 5.92 Å². The number of hydrogen-bond donors (Lipinski definition) is 2. The molecule has 0 radical (unpaired) electrons. The number of nitrogens with zero attached hydrogens (tertiary/aromatic N) is 5. The van der Waals surface area contributed by atoms with Gasteiger partial charge < -0.3 is 15.4 Å². The highest BCUT2D eigenvalue weighted by Gasteiger charge is 2.31. The molecule has 0 spiro atoms. The standard InChI is InChI=1S/C22H26F3N7O3S/c1-14(2)11-26-20(34)21-30-29-18(36-21)8-3-4-9-32-13-17(28-31-32)19(33)27-12-15-6-5-7-16(10-15)35-22(23,24)25/h5-7,10,13-14H,3-4,8-9,11-12H2,1-2H3,(H,26,34)(H,27,33). The molecule has 0 aliphatic carbocycles. The summed E-state index contributed by atoms with van der Waals surface area (Å²) >= 11 is 1.27. The number of nitrogens with one attached hydrogen (secondary N) is 2. The lowest BCUT2D eigenvalue weighted by molar-refractivity contribution is -0.274. The Bertz CT molecular complexity index is 1160. The van der Waals surface area contributed by atoms with Crippen molar-refractivity contribution in [3.05, 3.63) is 51.7 Å². The van der Waals surface area contributed by atoms with Gasteiger partial charge in [-0.05, 0) is 36.5 Å². The van der Waals surface area contributed by atoms with Crippen LogP contribution in [0.2, 0.25) is 0 Å². The molecule has 2 N–H and O–H groups in total. The zero-order valence-electron chi connectivity index (χ0n) is 19.7. The lowest BCUT2D eigenvalue weighted by atomic mass is 10.2. The number of rotatable bonds is 12. The van der Waals surface area contributed by atoms with Crippen LogP contribution in [0.25, 0.3) is 0 Å². The zero-order chi connectivity index (χ0) is 26.1. The van der Waals surface area contributed by atoms with E-state index in [4.69, 9.17) is 0 Å². The fraction of sp³-hybridized carbons (Fsp3) is 0.455. The minimum absolute atomic E-state index is 0.0000803. The molecule has 0 aliphatic heterocycles. The topological polar surface area (TPSA) is 124 Å². The van der Waals surface area contributed by atoms with Crippen LogP contribution in [0.15, 0.2) is 30.5 Å². The zero-order valence-corrected chi connectivity index (χ0v) is 20.5. The van der Waals surface area contributed by atoms with E-state index in [2.05, 4.69) is 35.9 Å². The molecule has 2 heterocycles. The molecule has 10 nitrogen and oxygen atoms in total. The van der Waals surface area contributed by atoms with Crippen molar-refractivity contribution in [1.29, 1.82) is 0 Å². The number of ether oxygens (including phenoxy) is 1. The molecule has 2 amide bonds. The first-order chi connectivity index (χ1) is 17.1. The van der Waals surface area contributed by atoms with Gasteiger partial charge in [-0.15, -0.1) is 28.5 Å². The smallest absolute Gasteiger partial charge is 0.406 e. The summed E-state index contributed by atoms with van der Waals surface area (Å²) in [6.07, 6.45) is -1.11. The molecule has 3 aromatic rings. The van der Waals surface area contributed by atoms with Gasteiger partial charge in [0.2, 0.25) is 5.01 Å². The van der Waals surface area contributed by atoms with Gasteiger partial charge in [0.25, 0.3) is 11.8 Å². The molecule has 1 aromatic carbocycles. The quantitative estimate of drug-likeness (QED) is 0.348. The number of halogens is 3. The van der Waals surface area contributed by atoms with Gasteiger partial charge >= 0.3 is 6.36 Å². The van der Waals surface area contributed by atoms with Crippen LogP contribution in [0.5, 0.6) is 5.75 Å². The molecule has 2 aromatic heterocycles. The van der Waals surface area contributed by atoms with Crippen LogP contribution >= 0.6 is 11.3 Å². The normalized spacial score (nSPS) is 11.5. The largest absolute Gasteiger partial charge is 0.573 e. The molecule has 3 rings (SSSR count). The van der Waals surface area contributed by atoms with Crippen LogP contribution in [-0.4, -0.2) is 49.9 Å². The monoisotopic (exact) mass is 525 g/mol. The maximum atomic E-state index is 12.4. The van der Waals surface area contributed by atoms with Crippen molar-refractivity contribution in [1.82, 2.24) is 35.8 Å². The number of carbonyl (C=O) groups is 2. The van der Waals surface area contributed by atoms with Crippen LogP contribution < -0.4 is 15.4 Å². The molecule has 0 bridgehead atoms. The molecular formula is C22H26F3N7O3S. The number of benzene rings is 1. The highest BCUT2D eigenvalue weighted by atomic mass is 32.1. The van der Waals surface area contributed by atoms with Crippen molar-refractivity contribution < 1.29 is 27.5 Å². The predicted molar refractivity (Wildman–Crippen MR) is 124 cm³/mol. The Labute approximate surface area is 209 Å². The molecule has 0 aliphatic rings. The first-order valence-corrected chi connectivity index (χ1v) is 12.0. The van der Waals surface area contributed by atoms with Crippen molar-refractivity contribution in [2.45, 2.75) is 52.6 Å². The second kappa shape index (κ2) is 12.4. The predicted octanol–water partition coefficient (Wildman–Crippen LogP) is 3.37. The van der Waals surface area contributed by atoms with E-state index >= 15 is 0 Å². The molecule has 0 saturated carbocycles. The summed E-state index contributed by atoms with van der Waals surface area (Å²) in [5, 5.41) is 22.3. The van der Waals surface area contributed by atoms with Crippen LogP contribution in [0.3, 0.4) is 0 Å². The molecule has 0 unspecified atom stereocenters. The van der Waals surface area contributed by atoms with Crippen molar-refractivity contribution in [2.24, 2.45) is 5.92 Å². The summed E-state index contributed by atoms with van der Waals surface area (Å²) in [6.45, 7) is 5.13. The number of aromatic nitrogens is 5. The fourth-order valence-electron chi connectivity index (χ4n) is 3.01. The van der Waals surface area contributed by atoms with E-state index < -0.39 is 12.3 Å². The number of amides is 2. The SMILES string of the molecule is CC(C)CNC(=O)c1nnc(CCCCn2cc(C(=O)NCc3cccc(OC(F)(F)F)c3)nn2)s1. The average Bonchev–Trinajstić information content (AvgIpc) is 3.48. The summed E-state index contributed by atoms with van der Waals surface area (Å²) in [5.41, 5.74) is 0.536. The fourth-order valence-corrected chi connectivity index (χ4v) is 3.80. The van der Waals surface area contributed by atoms with Gasteiger partial charge in [-0.25, -0.2) is 0 Å². The highest BCUT2D eigenvalue weighted by Crippen LogP contribution is 2.23. The number of hydrogen-bond acceptors (Lipinski definition) is 8. The van der Waals surface area contributed by atoms with E-state index in [0.29, 0.717) is 36.0 Å². The second-order valence-corrected chi connectivity index (χ2v) is 9.37. The minimum atomic E-state index is -4.79. The number of unbranched alkanes of at least 4 members (excludes halogenated alkanes) is 1. The summed E-state index contributed by atoms with van der Waals surface area (Å²) in [5.74, 6) is -0.730. The first kappa shape index (κ1) is 27.0. The van der Waals surface area contributed by atoms with Crippen molar-refractivity contribution in [3.8, 4) is 5.75 Å². The van der Waals surface area contributed by atoms with E-state index in [1.807, 2.05) is 13.8 Å². The number of alkyl halides is 3. The third kappa shape index (κ3) is 8.91. The number of carbonyl (C=O) groups excluding carboxylic acids is 2. The average molecular weight is 526 g/mol. The molecule has 36 heavy (non-hydrogen) atoms. The van der Waals surface area contributed by atoms with Crippen molar-refractivity contribution in [3.63, 3.8) is 0 Å². The van der Waals surface area contributed by atoms with Gasteiger partial charge in [0.15, 0.2) is 5.69 Å². The highest BCUT2D eigenvalue weighted by molar-refractivity contribution is 7.13. The lowest BCUT2D eigenvalue weighted by Gasteiger charge is -2.10. The molecule has 0 saturated heterocycles. The minimum Gasteiger partial charge on any atom is -0.406 e. The molecule has 194 valence electrons. The van der Waals surface area contributed by atoms with Crippen molar-refractivity contribution >= 4 is 23.2 Å². The van der Waals surface area contributed by atoms with E-state index in [1.165, 1.54) is 40.4 Å². The number of aryl methyl sites for hydroxylation is 2. The molecule has 0 atom stereocenters. The summed E-state index contributed by atoms with van der Waals surface area (Å²) in [7, 11) is 0. The van der Waals surface area contributed by atoms with Gasteiger partial charge in [0, 0.05) is 26.1 Å². The van der Waals surface area contributed by atoms with Crippen LogP contribution in [0.4, 0.5) is 13.2 Å². The van der Waals surface area contributed by atoms with Gasteiger partial charge in [0.1, 0.15) is 10.8 Å². The second-order valence-electron chi connectivity index (χ2n) is 8.31. The Kier molecular flexibility index (Phi) is 9.33. The Balaban J connectivity index is 1.40. The Hall–Kier alpha value is -3.55. The van der Waals surface area contributed by atoms with E-state index in [-0.39, 0.29) is 23.9 Å². The van der Waals surface area contributed by atoms with Gasteiger partial charge in [-0.3, -0.25) is 14.3 Å². The molecular weight excluding hydrogens is 499 g/mol. The summed E-state index contributed by atoms with van der Waals surface area (Å²) < 4.78 is 42.5. The first-order valence-electron chi connectivity index (χ1n) is 11.2. The van der Waals surface area contributed by atoms with Gasteiger partial charge in [-0.2, -0.15) is 0 Å². The Morgan fingerprint density at radius 1 is 1.11 bits per heavy atom. The third-order valence-corrected chi connectivity index (χ3v) is 5.70. The lowest BCUT2D eigenvalue weighted by Crippen LogP contribution is -2.27. The van der Waals surface area contributed by atoms with E-state index in [1.54, 1.807) is 6.07 Å². The van der Waals surface area contributed by atoms with E-state index in [9.17, 15) is 22.8 Å². The van der Waals surface area contributed by atoms with Gasteiger partial charge in [-0.1, -0.05) is 42.5 Å². The summed E-state index contributed by atoms with van der Waals surface area (Å²) in [6, 6.07) is 5.35. The van der Waals surface area contributed by atoms with E-state index in [0.717, 1.165) is 17.8 Å². The molecule has 14 heteroatoms. The maximum absolute atomic E-state index is 12.4. The maximum Gasteiger partial charge on any atom is 0.573 e.